The first kappa shape index (κ1) is 23.9. The number of nitrogens with one attached hydrogen (secondary N) is 1. The van der Waals surface area contributed by atoms with Gasteiger partial charge < -0.3 is 16.0 Å². The van der Waals surface area contributed by atoms with Crippen LogP contribution in [0.1, 0.15) is 53.9 Å². The number of benzene rings is 1. The van der Waals surface area contributed by atoms with Crippen LogP contribution in [0.3, 0.4) is 0 Å². The number of aromatic nitrogens is 2. The van der Waals surface area contributed by atoms with E-state index in [4.69, 9.17) is 10.7 Å². The number of amides is 1. The van der Waals surface area contributed by atoms with E-state index in [2.05, 4.69) is 25.2 Å². The molecule has 3 N–H and O–H groups in total. The Morgan fingerprint density at radius 3 is 2.91 bits per heavy atom. The van der Waals surface area contributed by atoms with Crippen molar-refractivity contribution in [2.75, 3.05) is 24.5 Å². The second-order valence-corrected chi connectivity index (χ2v) is 10.2. The summed E-state index contributed by atoms with van der Waals surface area (Å²) in [5.74, 6) is 0.835. The molecule has 3 heterocycles. The molecule has 0 spiro atoms. The highest BCUT2D eigenvalue weighted by Crippen LogP contribution is 2.26. The Bertz CT molecular complexity index is 1290. The summed E-state index contributed by atoms with van der Waals surface area (Å²) in [6.45, 7) is 6.38. The van der Waals surface area contributed by atoms with Gasteiger partial charge in [0, 0.05) is 25.7 Å². The van der Waals surface area contributed by atoms with E-state index >= 15 is 0 Å². The number of piperidine rings is 1. The number of nitrogens with zero attached hydrogens (tertiary/aromatic N) is 4. The predicted molar refractivity (Wildman–Crippen MR) is 135 cm³/mol. The maximum atomic E-state index is 13.7. The van der Waals surface area contributed by atoms with Crippen molar-refractivity contribution in [3.05, 3.63) is 56.7 Å². The number of nitrogens with two attached hydrogens (primary N) is 1. The van der Waals surface area contributed by atoms with Crippen molar-refractivity contribution < 1.29 is 4.79 Å². The molecule has 0 bridgehead atoms. The summed E-state index contributed by atoms with van der Waals surface area (Å²) in [6.07, 6.45) is 2.73. The second kappa shape index (κ2) is 10.4. The van der Waals surface area contributed by atoms with Gasteiger partial charge in [-0.2, -0.15) is 5.26 Å². The largest absolute Gasteiger partial charge is 0.351 e. The molecule has 0 saturated carbocycles. The van der Waals surface area contributed by atoms with Crippen LogP contribution in [-0.4, -0.2) is 41.1 Å². The number of nitriles is 1. The van der Waals surface area contributed by atoms with Crippen LogP contribution in [0.4, 0.5) is 5.95 Å². The number of fused-ring (bicyclic) bond motifs is 1. The topological polar surface area (TPSA) is 117 Å². The van der Waals surface area contributed by atoms with E-state index in [1.54, 1.807) is 22.8 Å². The first-order chi connectivity index (χ1) is 16.4. The highest BCUT2D eigenvalue weighted by molar-refractivity contribution is 7.20. The van der Waals surface area contributed by atoms with Crippen LogP contribution in [0.25, 0.3) is 10.2 Å². The van der Waals surface area contributed by atoms with Crippen molar-refractivity contribution in [2.45, 2.75) is 45.7 Å². The molecule has 9 heteroatoms. The summed E-state index contributed by atoms with van der Waals surface area (Å²) in [5, 5.41) is 12.5. The van der Waals surface area contributed by atoms with Crippen LogP contribution in [0.5, 0.6) is 0 Å². The molecule has 2 aromatic heterocycles. The van der Waals surface area contributed by atoms with Gasteiger partial charge >= 0.3 is 0 Å². The van der Waals surface area contributed by atoms with Gasteiger partial charge in [-0.25, -0.2) is 4.98 Å². The molecule has 1 amide bonds. The summed E-state index contributed by atoms with van der Waals surface area (Å²) < 4.78 is 2.06. The van der Waals surface area contributed by atoms with Crippen LogP contribution in [0.15, 0.2) is 35.1 Å². The Morgan fingerprint density at radius 1 is 1.38 bits per heavy atom. The lowest BCUT2D eigenvalue weighted by molar-refractivity contribution is 0.0956. The molecule has 1 aromatic carbocycles. The molecule has 1 atom stereocenters. The van der Waals surface area contributed by atoms with E-state index in [-0.39, 0.29) is 24.1 Å². The maximum Gasteiger partial charge on any atom is 0.273 e. The molecule has 1 aliphatic rings. The highest BCUT2D eigenvalue weighted by Gasteiger charge is 2.24. The highest BCUT2D eigenvalue weighted by atomic mass is 32.1. The van der Waals surface area contributed by atoms with Gasteiger partial charge in [0.05, 0.1) is 28.6 Å². The lowest BCUT2D eigenvalue weighted by Gasteiger charge is -2.33. The number of rotatable bonds is 7. The van der Waals surface area contributed by atoms with Gasteiger partial charge in [-0.15, -0.1) is 11.3 Å². The Balaban J connectivity index is 1.77. The predicted octanol–water partition coefficient (Wildman–Crippen LogP) is 3.08. The molecule has 0 aliphatic carbocycles. The fourth-order valence-corrected chi connectivity index (χ4v) is 5.15. The minimum atomic E-state index is -0.210. The standard InChI is InChI=1S/C25H30N6O2S/c1-16(2)9-10-28-23(32)21-12-20-22(34-21)24(33)31(14-18-7-4-3-6-17(18)13-26)25(29-20)30-11-5-8-19(27)15-30/h3-4,6-7,12,16,19H,5,8-11,14-15,27H2,1-2H3,(H,28,32). The number of thiophene rings is 1. The van der Waals surface area contributed by atoms with Crippen LogP contribution >= 0.6 is 11.3 Å². The fourth-order valence-electron chi connectivity index (χ4n) is 4.19. The number of hydrogen-bond donors (Lipinski definition) is 2. The molecule has 0 radical (unpaired) electrons. The zero-order chi connectivity index (χ0) is 24.2. The molecule has 178 valence electrons. The van der Waals surface area contributed by atoms with E-state index in [0.717, 1.165) is 31.4 Å². The van der Waals surface area contributed by atoms with Crippen LogP contribution in [0, 0.1) is 17.2 Å². The van der Waals surface area contributed by atoms with Gasteiger partial charge in [0.1, 0.15) is 4.70 Å². The third-order valence-corrected chi connectivity index (χ3v) is 7.16. The van der Waals surface area contributed by atoms with Crippen LogP contribution in [0.2, 0.25) is 0 Å². The average molecular weight is 479 g/mol. The quantitative estimate of drug-likeness (QED) is 0.539. The number of anilines is 1. The summed E-state index contributed by atoms with van der Waals surface area (Å²) in [7, 11) is 0. The van der Waals surface area contributed by atoms with Crippen molar-refractivity contribution >= 4 is 33.4 Å². The molecular formula is C25H30N6O2S. The van der Waals surface area contributed by atoms with Gasteiger partial charge in [-0.1, -0.05) is 32.0 Å². The zero-order valence-corrected chi connectivity index (χ0v) is 20.4. The maximum absolute atomic E-state index is 13.7. The second-order valence-electron chi connectivity index (χ2n) is 9.18. The van der Waals surface area contributed by atoms with Crippen molar-refractivity contribution in [1.82, 2.24) is 14.9 Å². The van der Waals surface area contributed by atoms with E-state index < -0.39 is 0 Å². The lowest BCUT2D eigenvalue weighted by atomic mass is 10.1. The molecule has 34 heavy (non-hydrogen) atoms. The normalized spacial score (nSPS) is 16.1. The summed E-state index contributed by atoms with van der Waals surface area (Å²) in [5.41, 5.74) is 7.80. The van der Waals surface area contributed by atoms with E-state index in [0.29, 0.717) is 45.6 Å². The van der Waals surface area contributed by atoms with Crippen molar-refractivity contribution in [1.29, 1.82) is 5.26 Å². The molecule has 1 unspecified atom stereocenters. The summed E-state index contributed by atoms with van der Waals surface area (Å²) >= 11 is 1.17. The Hall–Kier alpha value is -3.22. The minimum Gasteiger partial charge on any atom is -0.351 e. The molecular weight excluding hydrogens is 448 g/mol. The van der Waals surface area contributed by atoms with Crippen molar-refractivity contribution in [2.24, 2.45) is 11.7 Å². The Labute approximate surface area is 203 Å². The minimum absolute atomic E-state index is 0.00552. The molecule has 1 fully saturated rings. The first-order valence-electron chi connectivity index (χ1n) is 11.7. The van der Waals surface area contributed by atoms with Gasteiger partial charge in [-0.3, -0.25) is 14.2 Å². The van der Waals surface area contributed by atoms with E-state index in [1.807, 2.05) is 17.0 Å². The smallest absolute Gasteiger partial charge is 0.273 e. The van der Waals surface area contributed by atoms with Crippen LogP contribution in [-0.2, 0) is 6.54 Å². The monoisotopic (exact) mass is 478 g/mol. The van der Waals surface area contributed by atoms with Gasteiger partial charge in [0.15, 0.2) is 0 Å². The van der Waals surface area contributed by atoms with E-state index in [9.17, 15) is 14.9 Å². The fraction of sp³-hybridized carbons (Fsp3) is 0.440. The van der Waals surface area contributed by atoms with Gasteiger partial charge in [0.25, 0.3) is 11.5 Å². The lowest BCUT2D eigenvalue weighted by Crippen LogP contribution is -2.45. The number of hydrogen-bond acceptors (Lipinski definition) is 7. The summed E-state index contributed by atoms with van der Waals surface area (Å²) in [6, 6.07) is 11.2. The molecule has 1 aliphatic heterocycles. The first-order valence-corrected chi connectivity index (χ1v) is 12.5. The number of carbonyl (C=O) groups excluding carboxylic acids is 1. The Kier molecular flexibility index (Phi) is 7.29. The number of carbonyl (C=O) groups is 1. The Morgan fingerprint density at radius 2 is 2.18 bits per heavy atom. The van der Waals surface area contributed by atoms with E-state index in [1.165, 1.54) is 11.3 Å². The third kappa shape index (κ3) is 5.13. The van der Waals surface area contributed by atoms with Gasteiger partial charge in [-0.05, 0) is 42.9 Å². The third-order valence-electron chi connectivity index (χ3n) is 6.05. The SMILES string of the molecule is CC(C)CCNC(=O)c1cc2nc(N3CCCC(N)C3)n(Cc3ccccc3C#N)c(=O)c2s1. The molecule has 8 nitrogen and oxygen atoms in total. The van der Waals surface area contributed by atoms with Crippen molar-refractivity contribution in [3.8, 4) is 6.07 Å². The average Bonchev–Trinajstić information content (AvgIpc) is 3.25. The van der Waals surface area contributed by atoms with Crippen molar-refractivity contribution in [3.63, 3.8) is 0 Å². The molecule has 3 aromatic rings. The molecule has 1 saturated heterocycles. The molecule has 4 rings (SSSR count). The zero-order valence-electron chi connectivity index (χ0n) is 19.6. The van der Waals surface area contributed by atoms with Crippen LogP contribution < -0.4 is 21.5 Å². The van der Waals surface area contributed by atoms with Gasteiger partial charge in [0.2, 0.25) is 5.95 Å². The summed E-state index contributed by atoms with van der Waals surface area (Å²) in [4.78, 5) is 33.7.